The molecule has 0 radical (unpaired) electrons. The fourth-order valence-corrected chi connectivity index (χ4v) is 2.32. The van der Waals surface area contributed by atoms with Crippen molar-refractivity contribution in [3.8, 4) is 0 Å². The van der Waals surface area contributed by atoms with Crippen molar-refractivity contribution >= 4 is 23.0 Å². The number of halogens is 1. The molecule has 0 bridgehead atoms. The van der Waals surface area contributed by atoms with E-state index >= 15 is 0 Å². The number of rotatable bonds is 4. The van der Waals surface area contributed by atoms with Gasteiger partial charge in [-0.25, -0.2) is 0 Å². The van der Waals surface area contributed by atoms with Crippen LogP contribution in [0, 0.1) is 16.0 Å². The Morgan fingerprint density at radius 1 is 1.61 bits per heavy atom. The fraction of sp³-hybridized carbons (Fsp3) is 0.500. The van der Waals surface area contributed by atoms with Gasteiger partial charge in [0.15, 0.2) is 0 Å². The molecule has 0 aromatic heterocycles. The Kier molecular flexibility index (Phi) is 4.04. The standard InChI is InChI=1S/C12H15ClN2O3/c1-8(9-4-5-18-7-9)14-10-2-3-12(15(16)17)11(13)6-10/h2-3,6,8-9,14H,4-5,7H2,1H3. The zero-order chi connectivity index (χ0) is 13.1. The summed E-state index contributed by atoms with van der Waals surface area (Å²) in [5.74, 6) is 0.471. The average Bonchev–Trinajstić information content (AvgIpc) is 2.81. The third kappa shape index (κ3) is 2.91. The molecular formula is C12H15ClN2O3. The molecule has 0 saturated carbocycles. The highest BCUT2D eigenvalue weighted by Crippen LogP contribution is 2.28. The summed E-state index contributed by atoms with van der Waals surface area (Å²) in [6, 6.07) is 4.94. The summed E-state index contributed by atoms with van der Waals surface area (Å²) in [7, 11) is 0. The molecule has 1 heterocycles. The number of nitrogens with one attached hydrogen (secondary N) is 1. The van der Waals surface area contributed by atoms with Crippen LogP contribution in [0.4, 0.5) is 11.4 Å². The molecule has 1 aromatic carbocycles. The van der Waals surface area contributed by atoms with Crippen molar-refractivity contribution in [1.82, 2.24) is 0 Å². The fourth-order valence-electron chi connectivity index (χ4n) is 2.07. The maximum atomic E-state index is 10.6. The third-order valence-corrected chi connectivity index (χ3v) is 3.51. The number of hydrogen-bond acceptors (Lipinski definition) is 4. The van der Waals surface area contributed by atoms with Crippen molar-refractivity contribution in [2.24, 2.45) is 5.92 Å². The predicted molar refractivity (Wildman–Crippen MR) is 70.1 cm³/mol. The van der Waals surface area contributed by atoms with Gasteiger partial charge in [-0.05, 0) is 25.5 Å². The Labute approximate surface area is 110 Å². The van der Waals surface area contributed by atoms with Crippen molar-refractivity contribution in [2.75, 3.05) is 18.5 Å². The second-order valence-electron chi connectivity index (χ2n) is 4.48. The molecule has 2 unspecified atom stereocenters. The van der Waals surface area contributed by atoms with Crippen LogP contribution in [0.15, 0.2) is 18.2 Å². The second-order valence-corrected chi connectivity index (χ2v) is 4.89. The Hall–Kier alpha value is -1.33. The van der Waals surface area contributed by atoms with Gasteiger partial charge >= 0.3 is 0 Å². The first-order chi connectivity index (χ1) is 8.58. The summed E-state index contributed by atoms with van der Waals surface area (Å²) in [6.45, 7) is 3.64. The van der Waals surface area contributed by atoms with Gasteiger partial charge in [-0.3, -0.25) is 10.1 Å². The minimum atomic E-state index is -0.486. The lowest BCUT2D eigenvalue weighted by atomic mass is 10.0. The second kappa shape index (κ2) is 5.54. The van der Waals surface area contributed by atoms with Gasteiger partial charge in [-0.15, -0.1) is 0 Å². The molecule has 2 atom stereocenters. The molecule has 1 fully saturated rings. The van der Waals surface area contributed by atoms with Crippen LogP contribution >= 0.6 is 11.6 Å². The van der Waals surface area contributed by atoms with Crippen LogP contribution < -0.4 is 5.32 Å². The molecule has 1 aliphatic rings. The summed E-state index contributed by atoms with van der Waals surface area (Å²) in [4.78, 5) is 10.2. The summed E-state index contributed by atoms with van der Waals surface area (Å²) in [5.41, 5.74) is 0.726. The summed E-state index contributed by atoms with van der Waals surface area (Å²) >= 11 is 5.86. The van der Waals surface area contributed by atoms with Crippen molar-refractivity contribution < 1.29 is 9.66 Å². The Morgan fingerprint density at radius 2 is 2.39 bits per heavy atom. The van der Waals surface area contributed by atoms with E-state index in [2.05, 4.69) is 12.2 Å². The van der Waals surface area contributed by atoms with Crippen molar-refractivity contribution in [3.05, 3.63) is 33.3 Å². The minimum absolute atomic E-state index is 0.0703. The quantitative estimate of drug-likeness (QED) is 0.674. The molecule has 1 aliphatic heterocycles. The number of nitro groups is 1. The topological polar surface area (TPSA) is 64.4 Å². The highest BCUT2D eigenvalue weighted by Gasteiger charge is 2.22. The molecule has 18 heavy (non-hydrogen) atoms. The van der Waals surface area contributed by atoms with E-state index in [0.29, 0.717) is 5.92 Å². The first-order valence-corrected chi connectivity index (χ1v) is 6.24. The van der Waals surface area contributed by atoms with Gasteiger partial charge in [-0.2, -0.15) is 0 Å². The van der Waals surface area contributed by atoms with Crippen molar-refractivity contribution in [3.63, 3.8) is 0 Å². The molecule has 6 heteroatoms. The number of nitrogens with zero attached hydrogens (tertiary/aromatic N) is 1. The van der Waals surface area contributed by atoms with Gasteiger partial charge in [0.25, 0.3) is 5.69 Å². The van der Waals surface area contributed by atoms with Gasteiger partial charge in [-0.1, -0.05) is 11.6 Å². The molecule has 1 saturated heterocycles. The first kappa shape index (κ1) is 13.1. The molecule has 98 valence electrons. The van der Waals surface area contributed by atoms with Gasteiger partial charge in [0.1, 0.15) is 5.02 Å². The van der Waals surface area contributed by atoms with E-state index in [-0.39, 0.29) is 16.8 Å². The zero-order valence-electron chi connectivity index (χ0n) is 10.1. The third-order valence-electron chi connectivity index (χ3n) is 3.21. The minimum Gasteiger partial charge on any atom is -0.382 e. The highest BCUT2D eigenvalue weighted by molar-refractivity contribution is 6.32. The zero-order valence-corrected chi connectivity index (χ0v) is 10.8. The van der Waals surface area contributed by atoms with E-state index in [4.69, 9.17) is 16.3 Å². The summed E-state index contributed by atoms with van der Waals surface area (Å²) in [5, 5.41) is 14.1. The largest absolute Gasteiger partial charge is 0.382 e. The van der Waals surface area contributed by atoms with Crippen molar-refractivity contribution in [2.45, 2.75) is 19.4 Å². The van der Waals surface area contributed by atoms with Gasteiger partial charge in [0.2, 0.25) is 0 Å². The van der Waals surface area contributed by atoms with Crippen LogP contribution in [-0.4, -0.2) is 24.2 Å². The van der Waals surface area contributed by atoms with E-state index < -0.39 is 4.92 Å². The lowest BCUT2D eigenvalue weighted by molar-refractivity contribution is -0.384. The average molecular weight is 271 g/mol. The van der Waals surface area contributed by atoms with Crippen LogP contribution in [0.2, 0.25) is 5.02 Å². The van der Waals surface area contributed by atoms with Crippen LogP contribution in [-0.2, 0) is 4.74 Å². The number of ether oxygens (including phenoxy) is 1. The van der Waals surface area contributed by atoms with Crippen LogP contribution in [0.25, 0.3) is 0 Å². The SMILES string of the molecule is CC(Nc1ccc([N+](=O)[O-])c(Cl)c1)C1CCOC1. The van der Waals surface area contributed by atoms with E-state index in [0.717, 1.165) is 25.3 Å². The molecule has 0 aliphatic carbocycles. The van der Waals surface area contributed by atoms with E-state index in [1.807, 2.05) is 0 Å². The molecule has 1 N–H and O–H groups in total. The summed E-state index contributed by atoms with van der Waals surface area (Å²) in [6.07, 6.45) is 1.04. The number of hydrogen-bond donors (Lipinski definition) is 1. The van der Waals surface area contributed by atoms with Gasteiger partial charge < -0.3 is 10.1 Å². The van der Waals surface area contributed by atoms with Gasteiger partial charge in [0.05, 0.1) is 11.5 Å². The smallest absolute Gasteiger partial charge is 0.288 e. The molecule has 1 aromatic rings. The Bertz CT molecular complexity index is 447. The highest BCUT2D eigenvalue weighted by atomic mass is 35.5. The number of nitro benzene ring substituents is 1. The maximum absolute atomic E-state index is 10.6. The molecule has 0 amide bonds. The predicted octanol–water partition coefficient (Wildman–Crippen LogP) is 3.09. The molecule has 0 spiro atoms. The molecular weight excluding hydrogens is 256 g/mol. The Morgan fingerprint density at radius 3 is 2.94 bits per heavy atom. The van der Waals surface area contributed by atoms with Crippen LogP contribution in [0.5, 0.6) is 0 Å². The normalized spacial score (nSPS) is 20.7. The first-order valence-electron chi connectivity index (χ1n) is 5.86. The van der Waals surface area contributed by atoms with E-state index in [1.54, 1.807) is 12.1 Å². The lowest BCUT2D eigenvalue weighted by Crippen LogP contribution is -2.26. The monoisotopic (exact) mass is 270 g/mol. The lowest BCUT2D eigenvalue weighted by Gasteiger charge is -2.20. The van der Waals surface area contributed by atoms with E-state index in [9.17, 15) is 10.1 Å². The van der Waals surface area contributed by atoms with Crippen molar-refractivity contribution in [1.29, 1.82) is 0 Å². The summed E-state index contributed by atoms with van der Waals surface area (Å²) < 4.78 is 5.33. The molecule has 2 rings (SSSR count). The van der Waals surface area contributed by atoms with Crippen LogP contribution in [0.3, 0.4) is 0 Å². The van der Waals surface area contributed by atoms with Crippen LogP contribution in [0.1, 0.15) is 13.3 Å². The Balaban J connectivity index is 2.05. The van der Waals surface area contributed by atoms with Gasteiger partial charge in [0, 0.05) is 30.3 Å². The maximum Gasteiger partial charge on any atom is 0.288 e. The number of benzene rings is 1. The number of anilines is 1. The molecule has 5 nitrogen and oxygen atoms in total. The van der Waals surface area contributed by atoms with E-state index in [1.165, 1.54) is 6.07 Å².